The number of anilines is 2. The first kappa shape index (κ1) is 22.0. The van der Waals surface area contributed by atoms with Crippen LogP contribution < -0.4 is 10.6 Å². The molecule has 0 bridgehead atoms. The highest BCUT2D eigenvalue weighted by Crippen LogP contribution is 2.29. The number of hydrogen-bond donors (Lipinski definition) is 3. The summed E-state index contributed by atoms with van der Waals surface area (Å²) in [6.45, 7) is -0.540. The highest BCUT2D eigenvalue weighted by atomic mass is 32.2. The molecule has 9 nitrogen and oxygen atoms in total. The Balaban J connectivity index is 1.54. The summed E-state index contributed by atoms with van der Waals surface area (Å²) in [7, 11) is 0. The second-order valence-corrected chi connectivity index (χ2v) is 7.64. The number of hydrogen-bond acceptors (Lipinski definition) is 6. The SMILES string of the molecule is O=C(CC1SC(=O)N(CC(=O)Nc2ccc(C(=O)O)cc2)C1=O)Nc1ccc(F)cc1. The number of thioether (sulfide) groups is 1. The minimum Gasteiger partial charge on any atom is -0.478 e. The van der Waals surface area contributed by atoms with Crippen molar-refractivity contribution in [2.45, 2.75) is 11.7 Å². The summed E-state index contributed by atoms with van der Waals surface area (Å²) in [5, 5.41) is 12.2. The quantitative estimate of drug-likeness (QED) is 0.596. The Hall–Kier alpha value is -3.73. The Morgan fingerprint density at radius 1 is 0.935 bits per heavy atom. The van der Waals surface area contributed by atoms with Crippen molar-refractivity contribution < 1.29 is 33.5 Å². The van der Waals surface area contributed by atoms with Gasteiger partial charge in [0, 0.05) is 17.8 Å². The Bertz CT molecular complexity index is 1040. The Labute approximate surface area is 179 Å². The lowest BCUT2D eigenvalue weighted by Gasteiger charge is -2.14. The molecular formula is C20H16FN3O6S. The molecule has 3 rings (SSSR count). The number of halogens is 1. The summed E-state index contributed by atoms with van der Waals surface area (Å²) in [6, 6.07) is 10.4. The van der Waals surface area contributed by atoms with Crippen LogP contribution >= 0.6 is 11.8 Å². The fraction of sp³-hybridized carbons (Fsp3) is 0.150. The molecule has 31 heavy (non-hydrogen) atoms. The van der Waals surface area contributed by atoms with Crippen LogP contribution in [0.3, 0.4) is 0 Å². The Morgan fingerprint density at radius 3 is 2.06 bits per heavy atom. The smallest absolute Gasteiger partial charge is 0.335 e. The first-order valence-corrected chi connectivity index (χ1v) is 9.81. The molecule has 0 aliphatic carbocycles. The maximum atomic E-state index is 12.9. The third-order valence-electron chi connectivity index (χ3n) is 4.22. The average Bonchev–Trinajstić information content (AvgIpc) is 2.97. The zero-order chi connectivity index (χ0) is 22.5. The lowest BCUT2D eigenvalue weighted by atomic mass is 10.2. The van der Waals surface area contributed by atoms with Crippen LogP contribution in [-0.4, -0.2) is 50.7 Å². The van der Waals surface area contributed by atoms with E-state index in [-0.39, 0.29) is 12.0 Å². The van der Waals surface area contributed by atoms with Gasteiger partial charge in [-0.2, -0.15) is 0 Å². The number of benzene rings is 2. The van der Waals surface area contributed by atoms with E-state index in [1.807, 2.05) is 0 Å². The predicted octanol–water partition coefficient (Wildman–Crippen LogP) is 2.56. The van der Waals surface area contributed by atoms with Crippen molar-refractivity contribution in [3.8, 4) is 0 Å². The summed E-state index contributed by atoms with van der Waals surface area (Å²) >= 11 is 0.648. The van der Waals surface area contributed by atoms with Crippen molar-refractivity contribution in [1.82, 2.24) is 4.90 Å². The maximum absolute atomic E-state index is 12.9. The summed E-state index contributed by atoms with van der Waals surface area (Å²) in [6.07, 6.45) is -0.290. The Kier molecular flexibility index (Phi) is 6.65. The number of nitrogens with zero attached hydrogens (tertiary/aromatic N) is 1. The minimum absolute atomic E-state index is 0.0426. The van der Waals surface area contributed by atoms with E-state index in [0.29, 0.717) is 23.1 Å². The number of carbonyl (C=O) groups is 5. The van der Waals surface area contributed by atoms with Crippen LogP contribution in [0.1, 0.15) is 16.8 Å². The summed E-state index contributed by atoms with van der Waals surface area (Å²) < 4.78 is 12.9. The molecule has 0 aromatic heterocycles. The number of imide groups is 1. The van der Waals surface area contributed by atoms with E-state index in [1.54, 1.807) is 0 Å². The molecule has 0 spiro atoms. The Morgan fingerprint density at radius 2 is 1.48 bits per heavy atom. The lowest BCUT2D eigenvalue weighted by Crippen LogP contribution is -2.38. The highest BCUT2D eigenvalue weighted by Gasteiger charge is 2.41. The van der Waals surface area contributed by atoms with Crippen LogP contribution in [0.25, 0.3) is 0 Å². The zero-order valence-corrected chi connectivity index (χ0v) is 16.6. The normalized spacial score (nSPS) is 15.6. The molecule has 1 saturated heterocycles. The van der Waals surface area contributed by atoms with E-state index in [2.05, 4.69) is 10.6 Å². The lowest BCUT2D eigenvalue weighted by molar-refractivity contribution is -0.131. The average molecular weight is 445 g/mol. The molecule has 1 unspecified atom stereocenters. The van der Waals surface area contributed by atoms with Crippen molar-refractivity contribution >= 4 is 52.1 Å². The summed E-state index contributed by atoms with van der Waals surface area (Å²) in [4.78, 5) is 60.5. The number of rotatable bonds is 7. The molecule has 0 radical (unpaired) electrons. The number of carboxylic acids is 1. The molecule has 0 saturated carbocycles. The highest BCUT2D eigenvalue weighted by molar-refractivity contribution is 8.15. The van der Waals surface area contributed by atoms with Gasteiger partial charge >= 0.3 is 5.97 Å². The van der Waals surface area contributed by atoms with Crippen LogP contribution in [0.4, 0.5) is 20.6 Å². The maximum Gasteiger partial charge on any atom is 0.335 e. The van der Waals surface area contributed by atoms with Crippen LogP contribution in [-0.2, 0) is 14.4 Å². The van der Waals surface area contributed by atoms with Gasteiger partial charge in [0.05, 0.1) is 5.56 Å². The molecular weight excluding hydrogens is 429 g/mol. The third-order valence-corrected chi connectivity index (χ3v) is 5.30. The molecule has 11 heteroatoms. The number of aromatic carboxylic acids is 1. The van der Waals surface area contributed by atoms with E-state index in [1.165, 1.54) is 48.5 Å². The second kappa shape index (κ2) is 9.39. The van der Waals surface area contributed by atoms with E-state index >= 15 is 0 Å². The molecule has 1 fully saturated rings. The van der Waals surface area contributed by atoms with Gasteiger partial charge in [0.15, 0.2) is 0 Å². The van der Waals surface area contributed by atoms with Crippen molar-refractivity contribution in [1.29, 1.82) is 0 Å². The monoisotopic (exact) mass is 445 g/mol. The van der Waals surface area contributed by atoms with E-state index in [4.69, 9.17) is 5.11 Å². The predicted molar refractivity (Wildman–Crippen MR) is 110 cm³/mol. The molecule has 160 valence electrons. The van der Waals surface area contributed by atoms with E-state index < -0.39 is 46.5 Å². The van der Waals surface area contributed by atoms with Crippen molar-refractivity contribution in [3.63, 3.8) is 0 Å². The number of carbonyl (C=O) groups excluding carboxylic acids is 4. The summed E-state index contributed by atoms with van der Waals surface area (Å²) in [5.41, 5.74) is 0.691. The van der Waals surface area contributed by atoms with Crippen LogP contribution in [0, 0.1) is 5.82 Å². The first-order chi connectivity index (χ1) is 14.7. The molecule has 3 N–H and O–H groups in total. The topological polar surface area (TPSA) is 133 Å². The van der Waals surface area contributed by atoms with Gasteiger partial charge < -0.3 is 15.7 Å². The largest absolute Gasteiger partial charge is 0.478 e. The third kappa shape index (κ3) is 5.66. The fourth-order valence-electron chi connectivity index (χ4n) is 2.72. The number of carboxylic acid groups (broad SMARTS) is 1. The van der Waals surface area contributed by atoms with Gasteiger partial charge in [0.1, 0.15) is 17.6 Å². The van der Waals surface area contributed by atoms with Crippen LogP contribution in [0.15, 0.2) is 48.5 Å². The van der Waals surface area contributed by atoms with Gasteiger partial charge in [-0.1, -0.05) is 11.8 Å². The van der Waals surface area contributed by atoms with Gasteiger partial charge in [0.25, 0.3) is 5.24 Å². The van der Waals surface area contributed by atoms with Gasteiger partial charge in [0.2, 0.25) is 17.7 Å². The van der Waals surface area contributed by atoms with Crippen molar-refractivity contribution in [2.24, 2.45) is 0 Å². The number of amides is 4. The minimum atomic E-state index is -1.11. The van der Waals surface area contributed by atoms with E-state index in [0.717, 1.165) is 4.90 Å². The van der Waals surface area contributed by atoms with Gasteiger partial charge in [-0.15, -0.1) is 0 Å². The van der Waals surface area contributed by atoms with Crippen molar-refractivity contribution in [3.05, 3.63) is 59.9 Å². The molecule has 1 heterocycles. The number of nitrogens with one attached hydrogen (secondary N) is 2. The van der Waals surface area contributed by atoms with Crippen molar-refractivity contribution in [2.75, 3.05) is 17.2 Å². The summed E-state index contributed by atoms with van der Waals surface area (Å²) in [5.74, 6) is -3.42. The molecule has 1 aliphatic heterocycles. The van der Waals surface area contributed by atoms with Gasteiger partial charge in [-0.25, -0.2) is 9.18 Å². The first-order valence-electron chi connectivity index (χ1n) is 8.93. The molecule has 4 amide bonds. The molecule has 2 aromatic carbocycles. The van der Waals surface area contributed by atoms with Gasteiger partial charge in [-0.3, -0.25) is 24.1 Å². The fourth-order valence-corrected chi connectivity index (χ4v) is 3.71. The van der Waals surface area contributed by atoms with Gasteiger partial charge in [-0.05, 0) is 48.5 Å². The molecule has 2 aromatic rings. The second-order valence-electron chi connectivity index (χ2n) is 6.49. The standard InChI is InChI=1S/C20H16FN3O6S/c21-12-3-7-14(8-4-12)22-16(25)9-15-18(27)24(20(30)31-15)10-17(26)23-13-5-1-11(2-6-13)19(28)29/h1-8,15H,9-10H2,(H,22,25)(H,23,26)(H,28,29). The molecule has 1 atom stereocenters. The molecule has 1 aliphatic rings. The van der Waals surface area contributed by atoms with E-state index in [9.17, 15) is 28.4 Å². The zero-order valence-electron chi connectivity index (χ0n) is 15.8. The van der Waals surface area contributed by atoms with Crippen LogP contribution in [0.5, 0.6) is 0 Å². The van der Waals surface area contributed by atoms with Crippen LogP contribution in [0.2, 0.25) is 0 Å².